The fraction of sp³-hybridized carbons (Fsp3) is 0.278. The van der Waals surface area contributed by atoms with Gasteiger partial charge in [0.25, 0.3) is 5.91 Å². The highest BCUT2D eigenvalue weighted by atomic mass is 32.1. The summed E-state index contributed by atoms with van der Waals surface area (Å²) in [4.78, 5) is 28.3. The molecule has 0 radical (unpaired) electrons. The highest BCUT2D eigenvalue weighted by Crippen LogP contribution is 2.21. The number of aliphatic carboxylic acids is 1. The molecule has 6 nitrogen and oxygen atoms in total. The van der Waals surface area contributed by atoms with Crippen molar-refractivity contribution in [2.75, 3.05) is 13.2 Å². The number of carbonyl (C=O) groups is 2. The predicted octanol–water partition coefficient (Wildman–Crippen LogP) is 2.57. The Hall–Kier alpha value is -2.58. The maximum atomic E-state index is 13.0. The van der Waals surface area contributed by atoms with Gasteiger partial charge >= 0.3 is 5.97 Å². The van der Waals surface area contributed by atoms with Crippen LogP contribution in [0.25, 0.3) is 0 Å². The van der Waals surface area contributed by atoms with E-state index in [0.717, 1.165) is 5.56 Å². The molecule has 1 heterocycles. The molecule has 26 heavy (non-hydrogen) atoms. The van der Waals surface area contributed by atoms with Crippen molar-refractivity contribution < 1.29 is 23.8 Å². The molecule has 0 aliphatic rings. The van der Waals surface area contributed by atoms with Crippen LogP contribution in [-0.4, -0.2) is 41.2 Å². The van der Waals surface area contributed by atoms with Crippen LogP contribution < -0.4 is 5.32 Å². The lowest BCUT2D eigenvalue weighted by atomic mass is 10.1. The molecule has 1 aromatic heterocycles. The Balaban J connectivity index is 2.06. The Bertz CT molecular complexity index is 789. The van der Waals surface area contributed by atoms with Crippen LogP contribution in [0.2, 0.25) is 0 Å². The van der Waals surface area contributed by atoms with E-state index in [0.29, 0.717) is 22.0 Å². The van der Waals surface area contributed by atoms with E-state index in [1.165, 1.54) is 29.5 Å². The van der Waals surface area contributed by atoms with Gasteiger partial charge in [-0.05, 0) is 24.6 Å². The van der Waals surface area contributed by atoms with Crippen LogP contribution in [0.15, 0.2) is 36.9 Å². The molecule has 2 aromatic rings. The van der Waals surface area contributed by atoms with E-state index in [1.807, 2.05) is 0 Å². The number of nitrogens with zero attached hydrogens (tertiary/aromatic N) is 1. The van der Waals surface area contributed by atoms with Crippen molar-refractivity contribution in [2.45, 2.75) is 19.4 Å². The van der Waals surface area contributed by atoms with Gasteiger partial charge in [-0.2, -0.15) is 0 Å². The van der Waals surface area contributed by atoms with Gasteiger partial charge in [-0.1, -0.05) is 18.2 Å². The fourth-order valence-corrected chi connectivity index (χ4v) is 3.19. The Morgan fingerprint density at radius 3 is 2.73 bits per heavy atom. The molecule has 8 heteroatoms. The van der Waals surface area contributed by atoms with Gasteiger partial charge in [0, 0.05) is 6.42 Å². The number of rotatable bonds is 9. The number of hydrogen-bond donors (Lipinski definition) is 2. The van der Waals surface area contributed by atoms with E-state index in [4.69, 9.17) is 4.74 Å². The minimum atomic E-state index is -1.18. The van der Waals surface area contributed by atoms with Crippen molar-refractivity contribution in [1.29, 1.82) is 0 Å². The molecule has 0 aliphatic heterocycles. The Morgan fingerprint density at radius 1 is 1.42 bits per heavy atom. The summed E-state index contributed by atoms with van der Waals surface area (Å²) < 4.78 is 18.1. The number of amides is 1. The predicted molar refractivity (Wildman–Crippen MR) is 96.0 cm³/mol. The second-order valence-electron chi connectivity index (χ2n) is 5.52. The van der Waals surface area contributed by atoms with Crippen molar-refractivity contribution in [2.24, 2.45) is 0 Å². The number of carbonyl (C=O) groups excluding carboxylic acids is 1. The molecule has 0 fully saturated rings. The van der Waals surface area contributed by atoms with Crippen molar-refractivity contribution in [1.82, 2.24) is 10.3 Å². The van der Waals surface area contributed by atoms with E-state index >= 15 is 0 Å². The van der Waals surface area contributed by atoms with Crippen LogP contribution in [0.5, 0.6) is 0 Å². The molecule has 0 bridgehead atoms. The molecule has 1 aromatic carbocycles. The number of ether oxygens (including phenoxy) is 1. The van der Waals surface area contributed by atoms with Crippen LogP contribution in [0.4, 0.5) is 4.39 Å². The summed E-state index contributed by atoms with van der Waals surface area (Å²) in [6.07, 6.45) is 1.96. The molecular formula is C18H19FN2O4S. The third kappa shape index (κ3) is 5.47. The number of aryl methyl sites for hydroxylation is 1. The Labute approximate surface area is 154 Å². The lowest BCUT2D eigenvalue weighted by Crippen LogP contribution is -2.44. The lowest BCUT2D eigenvalue weighted by molar-refractivity contribution is -0.140. The average molecular weight is 378 g/mol. The van der Waals surface area contributed by atoms with Gasteiger partial charge in [0.1, 0.15) is 10.7 Å². The number of benzene rings is 1. The largest absolute Gasteiger partial charge is 0.480 e. The summed E-state index contributed by atoms with van der Waals surface area (Å²) in [6.45, 7) is 5.20. The second kappa shape index (κ2) is 9.21. The maximum Gasteiger partial charge on any atom is 0.328 e. The van der Waals surface area contributed by atoms with Crippen LogP contribution in [0.3, 0.4) is 0 Å². The average Bonchev–Trinajstić information content (AvgIpc) is 2.96. The van der Waals surface area contributed by atoms with Crippen LogP contribution in [0.1, 0.15) is 25.9 Å². The quantitative estimate of drug-likeness (QED) is 0.517. The minimum absolute atomic E-state index is 0.159. The molecule has 2 rings (SSSR count). The summed E-state index contributed by atoms with van der Waals surface area (Å²) in [6, 6.07) is 4.88. The summed E-state index contributed by atoms with van der Waals surface area (Å²) >= 11 is 1.18. The first-order chi connectivity index (χ1) is 12.4. The second-order valence-corrected chi connectivity index (χ2v) is 6.60. The third-order valence-corrected chi connectivity index (χ3v) is 4.60. The number of carboxylic acid groups (broad SMARTS) is 1. The normalized spacial score (nSPS) is 11.8. The van der Waals surface area contributed by atoms with Crippen LogP contribution in [0, 0.1) is 12.7 Å². The number of thiazole rings is 1. The minimum Gasteiger partial charge on any atom is -0.480 e. The van der Waals surface area contributed by atoms with Gasteiger partial charge in [-0.25, -0.2) is 14.2 Å². The summed E-state index contributed by atoms with van der Waals surface area (Å²) in [5, 5.41) is 12.3. The number of hydrogen-bond acceptors (Lipinski definition) is 5. The molecular weight excluding hydrogens is 359 g/mol. The van der Waals surface area contributed by atoms with Gasteiger partial charge in [0.05, 0.1) is 23.9 Å². The first-order valence-electron chi connectivity index (χ1n) is 7.83. The van der Waals surface area contributed by atoms with Crippen LogP contribution in [-0.2, 0) is 16.0 Å². The van der Waals surface area contributed by atoms with Crippen molar-refractivity contribution in [3.8, 4) is 0 Å². The molecule has 1 atom stereocenters. The summed E-state index contributed by atoms with van der Waals surface area (Å²) in [7, 11) is 0. The highest BCUT2D eigenvalue weighted by molar-refractivity contribution is 7.13. The first kappa shape index (κ1) is 19.7. The van der Waals surface area contributed by atoms with Gasteiger partial charge in [0.2, 0.25) is 0 Å². The molecule has 138 valence electrons. The molecule has 1 amide bonds. The lowest BCUT2D eigenvalue weighted by Gasteiger charge is -2.13. The maximum absolute atomic E-state index is 13.0. The monoisotopic (exact) mass is 378 g/mol. The van der Waals surface area contributed by atoms with Crippen molar-refractivity contribution >= 4 is 23.2 Å². The number of nitrogens with one attached hydrogen (secondary N) is 1. The van der Waals surface area contributed by atoms with E-state index in [2.05, 4.69) is 16.9 Å². The highest BCUT2D eigenvalue weighted by Gasteiger charge is 2.23. The topological polar surface area (TPSA) is 88.5 Å². The zero-order chi connectivity index (χ0) is 19.1. The van der Waals surface area contributed by atoms with E-state index in [-0.39, 0.29) is 19.0 Å². The van der Waals surface area contributed by atoms with Crippen LogP contribution >= 0.6 is 11.3 Å². The molecule has 2 N–H and O–H groups in total. The SMILES string of the molecule is C=CCOCC(NC(=O)c1sc(Cc2ccc(F)cc2)nc1C)C(=O)O. The van der Waals surface area contributed by atoms with Crippen molar-refractivity contribution in [3.05, 3.63) is 63.9 Å². The number of carboxylic acids is 1. The standard InChI is InChI=1S/C18H19FN2O4S/c1-3-8-25-10-14(18(23)24)21-17(22)16-11(2)20-15(26-16)9-12-4-6-13(19)7-5-12/h3-7,14H,1,8-10H2,2H3,(H,21,22)(H,23,24). The molecule has 0 saturated heterocycles. The smallest absolute Gasteiger partial charge is 0.328 e. The van der Waals surface area contributed by atoms with Gasteiger partial charge < -0.3 is 15.2 Å². The fourth-order valence-electron chi connectivity index (χ4n) is 2.18. The summed E-state index contributed by atoms with van der Waals surface area (Å²) in [5.41, 5.74) is 1.38. The van der Waals surface area contributed by atoms with E-state index < -0.39 is 17.9 Å². The summed E-state index contributed by atoms with van der Waals surface area (Å²) in [5.74, 6) is -2.02. The molecule has 0 spiro atoms. The first-order valence-corrected chi connectivity index (χ1v) is 8.65. The number of aromatic nitrogens is 1. The van der Waals surface area contributed by atoms with E-state index in [9.17, 15) is 19.1 Å². The van der Waals surface area contributed by atoms with E-state index in [1.54, 1.807) is 19.1 Å². The van der Waals surface area contributed by atoms with Gasteiger partial charge in [-0.15, -0.1) is 17.9 Å². The zero-order valence-electron chi connectivity index (χ0n) is 14.2. The molecule has 1 unspecified atom stereocenters. The zero-order valence-corrected chi connectivity index (χ0v) is 15.0. The Kier molecular flexibility index (Phi) is 6.99. The third-order valence-electron chi connectivity index (χ3n) is 3.44. The molecule has 0 aliphatic carbocycles. The van der Waals surface area contributed by atoms with Crippen molar-refractivity contribution in [3.63, 3.8) is 0 Å². The number of halogens is 1. The Morgan fingerprint density at radius 2 is 2.12 bits per heavy atom. The van der Waals surface area contributed by atoms with Gasteiger partial charge in [-0.3, -0.25) is 4.79 Å². The molecule has 0 saturated carbocycles. The van der Waals surface area contributed by atoms with Gasteiger partial charge in [0.15, 0.2) is 6.04 Å².